The molecule has 4 aromatic rings. The molecule has 2 heterocycles. The van der Waals surface area contributed by atoms with Crippen LogP contribution < -0.4 is 10.1 Å². The number of benzene rings is 2. The van der Waals surface area contributed by atoms with E-state index in [9.17, 15) is 18.0 Å². The number of pyridine rings is 1. The van der Waals surface area contributed by atoms with E-state index in [1.807, 2.05) is 49.6 Å². The molecule has 0 radical (unpaired) electrons. The first-order chi connectivity index (χ1) is 13.2. The first-order valence-corrected chi connectivity index (χ1v) is 8.95. The summed E-state index contributed by atoms with van der Waals surface area (Å²) in [6, 6.07) is 12.4. The second-order valence-electron chi connectivity index (χ2n) is 7.12. The second-order valence-corrected chi connectivity index (χ2v) is 7.12. The van der Waals surface area contributed by atoms with Crippen LogP contribution in [0.5, 0.6) is 0 Å². The van der Waals surface area contributed by atoms with Crippen LogP contribution in [0.3, 0.4) is 0 Å². The molecule has 0 aliphatic heterocycles. The van der Waals surface area contributed by atoms with Gasteiger partial charge >= 0.3 is 11.7 Å². The van der Waals surface area contributed by atoms with Gasteiger partial charge in [-0.1, -0.05) is 18.2 Å². The smallest absolute Gasteiger partial charge is 0.284 e. The molecular formula is C21H19F3N3O+. The highest BCUT2D eigenvalue weighted by Crippen LogP contribution is 2.30. The number of alkyl halides is 3. The van der Waals surface area contributed by atoms with Crippen LogP contribution in [-0.2, 0) is 6.18 Å². The molecule has 0 amide bonds. The van der Waals surface area contributed by atoms with Crippen LogP contribution >= 0.6 is 0 Å². The Kier molecular flexibility index (Phi) is 4.06. The third-order valence-corrected chi connectivity index (χ3v) is 5.02. The van der Waals surface area contributed by atoms with Crippen molar-refractivity contribution < 1.29 is 17.7 Å². The zero-order valence-electron chi connectivity index (χ0n) is 15.6. The van der Waals surface area contributed by atoms with Gasteiger partial charge in [0.1, 0.15) is 5.52 Å². The Morgan fingerprint density at radius 3 is 2.18 bits per heavy atom. The summed E-state index contributed by atoms with van der Waals surface area (Å²) in [6.07, 6.45) is -4.42. The average molecular weight is 386 g/mol. The maximum atomic E-state index is 13.2. The largest absolute Gasteiger partial charge is 0.416 e. The molecule has 1 N–H and O–H groups in total. The molecule has 144 valence electrons. The minimum absolute atomic E-state index is 0.0386. The molecule has 28 heavy (non-hydrogen) atoms. The lowest BCUT2D eigenvalue weighted by atomic mass is 10.1. The zero-order chi connectivity index (χ0) is 20.2. The number of aromatic amines is 1. The number of hydrogen-bond acceptors (Lipinski definition) is 1. The highest BCUT2D eigenvalue weighted by atomic mass is 19.4. The third-order valence-electron chi connectivity index (χ3n) is 5.02. The summed E-state index contributed by atoms with van der Waals surface area (Å²) in [5.41, 5.74) is 1.45. The highest BCUT2D eigenvalue weighted by Gasteiger charge is 2.31. The van der Waals surface area contributed by atoms with Crippen LogP contribution in [0, 0.1) is 6.92 Å². The predicted molar refractivity (Wildman–Crippen MR) is 102 cm³/mol. The molecule has 0 bridgehead atoms. The molecule has 4 rings (SSSR count). The number of fused-ring (bicyclic) bond motifs is 3. The van der Waals surface area contributed by atoms with E-state index in [-0.39, 0.29) is 11.6 Å². The van der Waals surface area contributed by atoms with Crippen LogP contribution in [-0.4, -0.2) is 9.78 Å². The Balaban J connectivity index is 2.05. The zero-order valence-corrected chi connectivity index (χ0v) is 15.6. The second kappa shape index (κ2) is 6.22. The van der Waals surface area contributed by atoms with Crippen LogP contribution in [0.1, 0.15) is 31.1 Å². The molecule has 0 saturated carbocycles. The third kappa shape index (κ3) is 2.69. The first kappa shape index (κ1) is 18.3. The summed E-state index contributed by atoms with van der Waals surface area (Å²) in [4.78, 5) is 13.2. The molecule has 0 spiro atoms. The van der Waals surface area contributed by atoms with E-state index in [1.165, 1.54) is 16.8 Å². The van der Waals surface area contributed by atoms with Gasteiger partial charge in [-0.25, -0.2) is 4.68 Å². The topological polar surface area (TPSA) is 41.7 Å². The van der Waals surface area contributed by atoms with E-state index in [0.29, 0.717) is 16.7 Å². The molecule has 0 aliphatic rings. The maximum Gasteiger partial charge on any atom is 0.416 e. The van der Waals surface area contributed by atoms with Crippen molar-refractivity contribution in [2.75, 3.05) is 0 Å². The van der Waals surface area contributed by atoms with Gasteiger partial charge in [-0.2, -0.15) is 17.7 Å². The van der Waals surface area contributed by atoms with E-state index in [4.69, 9.17) is 0 Å². The highest BCUT2D eigenvalue weighted by molar-refractivity contribution is 6.02. The Morgan fingerprint density at radius 1 is 1.00 bits per heavy atom. The van der Waals surface area contributed by atoms with Crippen LogP contribution in [0.15, 0.2) is 53.3 Å². The summed E-state index contributed by atoms with van der Waals surface area (Å²) in [6.45, 7) is 5.96. The van der Waals surface area contributed by atoms with E-state index in [2.05, 4.69) is 5.10 Å². The lowest BCUT2D eigenvalue weighted by Gasteiger charge is -2.08. The SMILES string of the molecule is Cc1c2ccccc2c2[nH]n(-c3ccc(C(F)(F)F)cc3)c(=O)c2[n+]1C(C)C. The van der Waals surface area contributed by atoms with Gasteiger partial charge in [0.15, 0.2) is 11.7 Å². The number of H-pyrrole nitrogens is 1. The van der Waals surface area contributed by atoms with Crippen molar-refractivity contribution in [3.63, 3.8) is 0 Å². The van der Waals surface area contributed by atoms with Gasteiger partial charge in [0.2, 0.25) is 0 Å². The number of aromatic nitrogens is 3. The molecule has 0 atom stereocenters. The van der Waals surface area contributed by atoms with Crippen molar-refractivity contribution >= 4 is 21.8 Å². The Bertz CT molecular complexity index is 1250. The van der Waals surface area contributed by atoms with E-state index < -0.39 is 11.7 Å². The Morgan fingerprint density at radius 2 is 1.61 bits per heavy atom. The summed E-state index contributed by atoms with van der Waals surface area (Å²) in [7, 11) is 0. The number of nitrogens with zero attached hydrogens (tertiary/aromatic N) is 2. The molecule has 0 saturated heterocycles. The van der Waals surface area contributed by atoms with Crippen molar-refractivity contribution in [3.8, 4) is 5.69 Å². The standard InChI is InChI=1S/C21H18F3N3O/c1-12(2)26-13(3)16-6-4-5-7-17(16)18-19(26)20(28)27(25-18)15-10-8-14(9-11-15)21(22,23)24/h4-12H,1-3H3/p+1. The van der Waals surface area contributed by atoms with Crippen molar-refractivity contribution in [3.05, 3.63) is 70.1 Å². The minimum atomic E-state index is -4.42. The summed E-state index contributed by atoms with van der Waals surface area (Å²) < 4.78 is 41.8. The molecule has 0 unspecified atom stereocenters. The normalized spacial score (nSPS) is 12.4. The van der Waals surface area contributed by atoms with Crippen molar-refractivity contribution in [1.29, 1.82) is 0 Å². The summed E-state index contributed by atoms with van der Waals surface area (Å²) in [5, 5.41) is 5.02. The lowest BCUT2D eigenvalue weighted by molar-refractivity contribution is -0.696. The number of rotatable bonds is 2. The Hall–Kier alpha value is -3.09. The van der Waals surface area contributed by atoms with Gasteiger partial charge in [0, 0.05) is 12.3 Å². The van der Waals surface area contributed by atoms with Crippen LogP contribution in [0.25, 0.3) is 27.5 Å². The molecule has 2 aromatic carbocycles. The quantitative estimate of drug-likeness (QED) is 0.500. The van der Waals surface area contributed by atoms with Gasteiger partial charge in [-0.15, -0.1) is 0 Å². The number of hydrogen-bond donors (Lipinski definition) is 1. The van der Waals surface area contributed by atoms with Gasteiger partial charge < -0.3 is 0 Å². The predicted octanol–water partition coefficient (Wildman–Crippen LogP) is 4.67. The Labute approximate surface area is 158 Å². The summed E-state index contributed by atoms with van der Waals surface area (Å²) >= 11 is 0. The fraction of sp³-hybridized carbons (Fsp3) is 0.238. The molecular weight excluding hydrogens is 367 g/mol. The van der Waals surface area contributed by atoms with Crippen LogP contribution in [0.4, 0.5) is 13.2 Å². The lowest BCUT2D eigenvalue weighted by Crippen LogP contribution is -2.43. The first-order valence-electron chi connectivity index (χ1n) is 8.95. The van der Waals surface area contributed by atoms with E-state index in [0.717, 1.165) is 28.6 Å². The van der Waals surface area contributed by atoms with Crippen molar-refractivity contribution in [1.82, 2.24) is 9.78 Å². The van der Waals surface area contributed by atoms with Gasteiger partial charge in [-0.3, -0.25) is 9.89 Å². The van der Waals surface area contributed by atoms with Crippen LogP contribution in [0.2, 0.25) is 0 Å². The number of aryl methyl sites for hydroxylation is 1. The molecule has 0 fully saturated rings. The minimum Gasteiger partial charge on any atom is -0.284 e. The molecule has 2 aromatic heterocycles. The molecule has 4 nitrogen and oxygen atoms in total. The number of nitrogens with one attached hydrogen (secondary N) is 1. The van der Waals surface area contributed by atoms with Gasteiger partial charge in [0.05, 0.1) is 16.6 Å². The molecule has 0 aliphatic carbocycles. The number of halogens is 3. The van der Waals surface area contributed by atoms with E-state index in [1.54, 1.807) is 0 Å². The fourth-order valence-corrected chi connectivity index (χ4v) is 3.78. The van der Waals surface area contributed by atoms with Crippen molar-refractivity contribution in [2.45, 2.75) is 33.0 Å². The van der Waals surface area contributed by atoms with E-state index >= 15 is 0 Å². The fourth-order valence-electron chi connectivity index (χ4n) is 3.78. The average Bonchev–Trinajstić information content (AvgIpc) is 2.99. The molecule has 7 heteroatoms. The van der Waals surface area contributed by atoms with Gasteiger partial charge in [0.25, 0.3) is 5.52 Å². The maximum absolute atomic E-state index is 13.2. The van der Waals surface area contributed by atoms with Crippen molar-refractivity contribution in [2.24, 2.45) is 0 Å². The summed E-state index contributed by atoms with van der Waals surface area (Å²) in [5.74, 6) is 0. The van der Waals surface area contributed by atoms with Gasteiger partial charge in [-0.05, 0) is 44.2 Å². The monoisotopic (exact) mass is 386 g/mol.